The number of aromatic nitrogens is 2. The summed E-state index contributed by atoms with van der Waals surface area (Å²) in [4.78, 5) is 18.5. The zero-order chi connectivity index (χ0) is 16.4. The number of carbonyl (C=O) groups is 1. The van der Waals surface area contributed by atoms with Gasteiger partial charge in [-0.15, -0.1) is 0 Å². The summed E-state index contributed by atoms with van der Waals surface area (Å²) >= 11 is 0. The van der Waals surface area contributed by atoms with Gasteiger partial charge in [-0.2, -0.15) is 4.98 Å². The number of likely N-dealkylation sites (tertiary alicyclic amines) is 1. The molecule has 1 aliphatic rings. The van der Waals surface area contributed by atoms with Crippen molar-refractivity contribution in [2.45, 2.75) is 45.2 Å². The maximum Gasteiger partial charge on any atom is 0.249 e. The number of rotatable bonds is 5. The van der Waals surface area contributed by atoms with Crippen molar-refractivity contribution in [3.63, 3.8) is 0 Å². The molecule has 1 aromatic heterocycles. The van der Waals surface area contributed by atoms with Crippen LogP contribution in [0, 0.1) is 0 Å². The highest BCUT2D eigenvalue weighted by atomic mass is 16.5. The molecule has 2 aromatic rings. The van der Waals surface area contributed by atoms with Gasteiger partial charge in [0, 0.05) is 18.9 Å². The van der Waals surface area contributed by atoms with Crippen molar-refractivity contribution >= 4 is 5.91 Å². The van der Waals surface area contributed by atoms with Gasteiger partial charge < -0.3 is 14.2 Å². The molecule has 1 saturated heterocycles. The number of nitrogens with zero attached hydrogens (tertiary/aromatic N) is 3. The summed E-state index contributed by atoms with van der Waals surface area (Å²) in [6, 6.07) is 7.59. The van der Waals surface area contributed by atoms with Crippen LogP contribution in [0.1, 0.15) is 55.9 Å². The second kappa shape index (κ2) is 6.40. The van der Waals surface area contributed by atoms with Crippen molar-refractivity contribution in [3.05, 3.63) is 41.5 Å². The van der Waals surface area contributed by atoms with Crippen molar-refractivity contribution in [2.24, 2.45) is 0 Å². The third kappa shape index (κ3) is 3.21. The van der Waals surface area contributed by atoms with Crippen LogP contribution in [0.2, 0.25) is 0 Å². The van der Waals surface area contributed by atoms with Crippen molar-refractivity contribution in [1.29, 1.82) is 0 Å². The lowest BCUT2D eigenvalue weighted by molar-refractivity contribution is -0.129. The van der Waals surface area contributed by atoms with Crippen LogP contribution in [-0.4, -0.2) is 28.1 Å². The van der Waals surface area contributed by atoms with Crippen LogP contribution in [0.4, 0.5) is 0 Å². The molecule has 1 aliphatic heterocycles. The van der Waals surface area contributed by atoms with Gasteiger partial charge >= 0.3 is 0 Å². The number of hydrogen-bond acceptors (Lipinski definition) is 5. The third-order valence-corrected chi connectivity index (χ3v) is 4.10. The Hall–Kier alpha value is -2.37. The number of ether oxygens (including phenoxy) is 1. The molecular weight excluding hydrogens is 294 g/mol. The number of benzene rings is 1. The molecule has 0 aliphatic carbocycles. The zero-order valence-corrected chi connectivity index (χ0v) is 13.7. The minimum Gasteiger partial charge on any atom is -0.497 e. The molecule has 6 nitrogen and oxygen atoms in total. The Morgan fingerprint density at radius 3 is 2.70 bits per heavy atom. The minimum atomic E-state index is -0.135. The van der Waals surface area contributed by atoms with Gasteiger partial charge in [0.1, 0.15) is 11.8 Å². The molecule has 0 N–H and O–H groups in total. The van der Waals surface area contributed by atoms with Crippen LogP contribution in [0.3, 0.4) is 0 Å². The highest BCUT2D eigenvalue weighted by molar-refractivity contribution is 5.78. The molecule has 0 saturated carbocycles. The van der Waals surface area contributed by atoms with Gasteiger partial charge in [-0.3, -0.25) is 4.79 Å². The first-order valence-electron chi connectivity index (χ1n) is 7.84. The molecule has 1 atom stereocenters. The highest BCUT2D eigenvalue weighted by Gasteiger charge is 2.36. The number of carbonyl (C=O) groups excluding carboxylic acids is 1. The van der Waals surface area contributed by atoms with E-state index in [2.05, 4.69) is 10.1 Å². The molecule has 1 fully saturated rings. The molecule has 0 bridgehead atoms. The van der Waals surface area contributed by atoms with E-state index in [0.717, 1.165) is 11.3 Å². The smallest absolute Gasteiger partial charge is 0.249 e. The monoisotopic (exact) mass is 315 g/mol. The summed E-state index contributed by atoms with van der Waals surface area (Å²) in [6.07, 6.45) is 1.23. The van der Waals surface area contributed by atoms with Crippen molar-refractivity contribution in [2.75, 3.05) is 7.11 Å². The molecule has 2 heterocycles. The predicted octanol–water partition coefficient (Wildman–Crippen LogP) is 3.07. The first-order chi connectivity index (χ1) is 11.1. The van der Waals surface area contributed by atoms with E-state index in [1.807, 2.05) is 43.0 Å². The predicted molar refractivity (Wildman–Crippen MR) is 83.9 cm³/mol. The van der Waals surface area contributed by atoms with Crippen molar-refractivity contribution in [3.8, 4) is 5.75 Å². The van der Waals surface area contributed by atoms with E-state index in [0.29, 0.717) is 31.1 Å². The summed E-state index contributed by atoms with van der Waals surface area (Å²) in [7, 11) is 1.64. The first kappa shape index (κ1) is 15.5. The quantitative estimate of drug-likeness (QED) is 0.848. The second-order valence-electron chi connectivity index (χ2n) is 6.07. The van der Waals surface area contributed by atoms with Gasteiger partial charge in [0.15, 0.2) is 5.82 Å². The van der Waals surface area contributed by atoms with Crippen LogP contribution in [0.5, 0.6) is 5.75 Å². The molecule has 3 rings (SSSR count). The van der Waals surface area contributed by atoms with Crippen LogP contribution < -0.4 is 4.74 Å². The van der Waals surface area contributed by atoms with Crippen molar-refractivity contribution in [1.82, 2.24) is 15.0 Å². The van der Waals surface area contributed by atoms with Crippen LogP contribution in [-0.2, 0) is 11.3 Å². The topological polar surface area (TPSA) is 68.5 Å². The molecule has 1 aromatic carbocycles. The van der Waals surface area contributed by atoms with Gasteiger partial charge in [0.05, 0.1) is 7.11 Å². The Bertz CT molecular complexity index is 679. The first-order valence-corrected chi connectivity index (χ1v) is 7.84. The molecule has 6 heteroatoms. The van der Waals surface area contributed by atoms with Gasteiger partial charge in [0.2, 0.25) is 11.8 Å². The summed E-state index contributed by atoms with van der Waals surface area (Å²) in [5.74, 6) is 2.35. The fourth-order valence-electron chi connectivity index (χ4n) is 2.73. The Kier molecular flexibility index (Phi) is 4.32. The summed E-state index contributed by atoms with van der Waals surface area (Å²) in [5, 5.41) is 4.01. The Morgan fingerprint density at radius 1 is 1.35 bits per heavy atom. The standard InChI is InChI=1S/C17H21N3O3/c1-11(2)16-18-17(23-19-16)14-8-9-15(21)20(14)10-12-4-6-13(22-3)7-5-12/h4-7,11,14H,8-10H2,1-3H3. The number of methoxy groups -OCH3 is 1. The highest BCUT2D eigenvalue weighted by Crippen LogP contribution is 2.33. The maximum absolute atomic E-state index is 12.2. The molecule has 122 valence electrons. The van der Waals surface area contributed by atoms with E-state index in [1.54, 1.807) is 7.11 Å². The Labute approximate surface area is 135 Å². The average molecular weight is 315 g/mol. The van der Waals surface area contributed by atoms with E-state index < -0.39 is 0 Å². The largest absolute Gasteiger partial charge is 0.497 e. The van der Waals surface area contributed by atoms with E-state index in [-0.39, 0.29) is 17.9 Å². The van der Waals surface area contributed by atoms with Gasteiger partial charge in [-0.05, 0) is 24.1 Å². The zero-order valence-electron chi connectivity index (χ0n) is 13.7. The number of amides is 1. The van der Waals surface area contributed by atoms with Gasteiger partial charge in [0.25, 0.3) is 0 Å². The normalized spacial score (nSPS) is 18.0. The minimum absolute atomic E-state index is 0.120. The SMILES string of the molecule is COc1ccc(CN2C(=O)CCC2c2nc(C(C)C)no2)cc1. The maximum atomic E-state index is 12.2. The second-order valence-corrected chi connectivity index (χ2v) is 6.07. The lowest BCUT2D eigenvalue weighted by Crippen LogP contribution is -2.27. The third-order valence-electron chi connectivity index (χ3n) is 4.10. The lowest BCUT2D eigenvalue weighted by atomic mass is 10.1. The van der Waals surface area contributed by atoms with E-state index in [9.17, 15) is 4.79 Å². The van der Waals surface area contributed by atoms with Gasteiger partial charge in [-0.25, -0.2) is 0 Å². The molecule has 23 heavy (non-hydrogen) atoms. The van der Waals surface area contributed by atoms with Gasteiger partial charge in [-0.1, -0.05) is 31.1 Å². The van der Waals surface area contributed by atoms with Crippen molar-refractivity contribution < 1.29 is 14.1 Å². The molecule has 0 spiro atoms. The molecule has 1 unspecified atom stereocenters. The summed E-state index contributed by atoms with van der Waals surface area (Å²) in [6.45, 7) is 4.57. The van der Waals surface area contributed by atoms with Crippen LogP contribution in [0.15, 0.2) is 28.8 Å². The van der Waals surface area contributed by atoms with Crippen LogP contribution >= 0.6 is 0 Å². The number of hydrogen-bond donors (Lipinski definition) is 0. The Balaban J connectivity index is 1.78. The fraction of sp³-hybridized carbons (Fsp3) is 0.471. The summed E-state index contributed by atoms with van der Waals surface area (Å²) in [5.41, 5.74) is 1.05. The Morgan fingerprint density at radius 2 is 2.09 bits per heavy atom. The van der Waals surface area contributed by atoms with Crippen LogP contribution in [0.25, 0.3) is 0 Å². The molecule has 0 radical (unpaired) electrons. The van der Waals surface area contributed by atoms with E-state index in [1.165, 1.54) is 0 Å². The fourth-order valence-corrected chi connectivity index (χ4v) is 2.73. The molecule has 1 amide bonds. The van der Waals surface area contributed by atoms with E-state index >= 15 is 0 Å². The lowest BCUT2D eigenvalue weighted by Gasteiger charge is -2.22. The molecular formula is C17H21N3O3. The summed E-state index contributed by atoms with van der Waals surface area (Å²) < 4.78 is 10.5. The van der Waals surface area contributed by atoms with E-state index in [4.69, 9.17) is 9.26 Å². The average Bonchev–Trinajstić information content (AvgIpc) is 3.16.